The molecule has 5 nitrogen and oxygen atoms in total. The first-order valence-corrected chi connectivity index (χ1v) is 7.52. The zero-order valence-electron chi connectivity index (χ0n) is 11.9. The number of nitrogens with one attached hydrogen (secondary N) is 1. The third-order valence-corrected chi connectivity index (χ3v) is 4.44. The van der Waals surface area contributed by atoms with Crippen LogP contribution in [0.5, 0.6) is 0 Å². The summed E-state index contributed by atoms with van der Waals surface area (Å²) >= 11 is 0. The number of hydrogen-bond donors (Lipinski definition) is 2. The number of nitrogens with zero attached hydrogens (tertiary/aromatic N) is 1. The number of carbonyl (C=O) groups excluding carboxylic acids is 1. The highest BCUT2D eigenvalue weighted by atomic mass is 16.4. The molecule has 112 valence electrons. The lowest BCUT2D eigenvalue weighted by Gasteiger charge is -2.37. The van der Waals surface area contributed by atoms with Gasteiger partial charge in [-0.15, -0.1) is 0 Å². The Bertz CT molecular complexity index is 558. The number of aliphatic carboxylic acids is 1. The zero-order valence-corrected chi connectivity index (χ0v) is 11.9. The van der Waals surface area contributed by atoms with Gasteiger partial charge in [-0.3, -0.25) is 4.79 Å². The van der Waals surface area contributed by atoms with E-state index in [9.17, 15) is 14.7 Å². The molecule has 0 saturated carbocycles. The normalized spacial score (nSPS) is 24.9. The van der Waals surface area contributed by atoms with Crippen molar-refractivity contribution in [1.82, 2.24) is 4.90 Å². The van der Waals surface area contributed by atoms with Crippen LogP contribution in [0.15, 0.2) is 24.3 Å². The number of para-hydroxylation sites is 1. The molecule has 2 atom stereocenters. The SMILES string of the molecule is O=C(O)[C@@H]1CCCCN1C(=O)C1CNc2ccccc2C1. The number of hydrogen-bond acceptors (Lipinski definition) is 3. The molecule has 2 N–H and O–H groups in total. The van der Waals surface area contributed by atoms with E-state index in [4.69, 9.17) is 0 Å². The molecule has 1 amide bonds. The van der Waals surface area contributed by atoms with Crippen molar-refractivity contribution in [3.05, 3.63) is 29.8 Å². The van der Waals surface area contributed by atoms with Crippen molar-refractivity contribution >= 4 is 17.6 Å². The van der Waals surface area contributed by atoms with Crippen molar-refractivity contribution < 1.29 is 14.7 Å². The van der Waals surface area contributed by atoms with Crippen molar-refractivity contribution in [2.75, 3.05) is 18.4 Å². The van der Waals surface area contributed by atoms with E-state index in [-0.39, 0.29) is 11.8 Å². The summed E-state index contributed by atoms with van der Waals surface area (Å²) < 4.78 is 0. The molecule has 1 saturated heterocycles. The number of carboxylic acids is 1. The molecular weight excluding hydrogens is 268 g/mol. The fourth-order valence-electron chi connectivity index (χ4n) is 3.30. The van der Waals surface area contributed by atoms with Gasteiger partial charge >= 0.3 is 5.97 Å². The molecule has 1 unspecified atom stereocenters. The van der Waals surface area contributed by atoms with Gasteiger partial charge in [0.25, 0.3) is 0 Å². The summed E-state index contributed by atoms with van der Waals surface area (Å²) in [6.07, 6.45) is 3.03. The average molecular weight is 288 g/mol. The first kappa shape index (κ1) is 13.9. The van der Waals surface area contributed by atoms with Crippen molar-refractivity contribution in [2.45, 2.75) is 31.7 Å². The van der Waals surface area contributed by atoms with E-state index in [1.54, 1.807) is 4.90 Å². The number of benzene rings is 1. The van der Waals surface area contributed by atoms with Gasteiger partial charge in [-0.2, -0.15) is 0 Å². The van der Waals surface area contributed by atoms with Gasteiger partial charge < -0.3 is 15.3 Å². The second-order valence-corrected chi connectivity index (χ2v) is 5.82. The van der Waals surface area contributed by atoms with Gasteiger partial charge in [-0.05, 0) is 37.3 Å². The van der Waals surface area contributed by atoms with Crippen LogP contribution in [0.1, 0.15) is 24.8 Å². The Hall–Kier alpha value is -2.04. The minimum atomic E-state index is -0.882. The number of likely N-dealkylation sites (tertiary alicyclic amines) is 1. The Morgan fingerprint density at radius 2 is 2.05 bits per heavy atom. The third kappa shape index (κ3) is 2.73. The summed E-state index contributed by atoms with van der Waals surface area (Å²) in [5, 5.41) is 12.6. The van der Waals surface area contributed by atoms with Gasteiger partial charge in [0.05, 0.1) is 5.92 Å². The van der Waals surface area contributed by atoms with Gasteiger partial charge in [0.15, 0.2) is 0 Å². The van der Waals surface area contributed by atoms with Crippen LogP contribution in [0.2, 0.25) is 0 Å². The number of rotatable bonds is 2. The first-order chi connectivity index (χ1) is 10.2. The largest absolute Gasteiger partial charge is 0.480 e. The number of amides is 1. The molecule has 21 heavy (non-hydrogen) atoms. The summed E-state index contributed by atoms with van der Waals surface area (Å²) in [6, 6.07) is 7.32. The fraction of sp³-hybridized carbons (Fsp3) is 0.500. The smallest absolute Gasteiger partial charge is 0.326 e. The van der Waals surface area contributed by atoms with Crippen LogP contribution in [0.3, 0.4) is 0 Å². The molecule has 5 heteroatoms. The van der Waals surface area contributed by atoms with Crippen molar-refractivity contribution in [1.29, 1.82) is 0 Å². The lowest BCUT2D eigenvalue weighted by Crippen LogP contribution is -2.51. The van der Waals surface area contributed by atoms with E-state index < -0.39 is 12.0 Å². The van der Waals surface area contributed by atoms with Crippen LogP contribution < -0.4 is 5.32 Å². The Morgan fingerprint density at radius 1 is 1.24 bits per heavy atom. The van der Waals surface area contributed by atoms with Crippen LogP contribution in [-0.4, -0.2) is 41.0 Å². The highest BCUT2D eigenvalue weighted by Gasteiger charge is 2.36. The van der Waals surface area contributed by atoms with Crippen molar-refractivity contribution in [2.24, 2.45) is 5.92 Å². The highest BCUT2D eigenvalue weighted by Crippen LogP contribution is 2.27. The number of fused-ring (bicyclic) bond motifs is 1. The van der Waals surface area contributed by atoms with Gasteiger partial charge in [0.1, 0.15) is 6.04 Å². The molecule has 0 bridgehead atoms. The average Bonchev–Trinajstić information content (AvgIpc) is 2.53. The molecule has 0 spiro atoms. The van der Waals surface area contributed by atoms with Crippen LogP contribution in [-0.2, 0) is 16.0 Å². The van der Waals surface area contributed by atoms with E-state index in [2.05, 4.69) is 5.32 Å². The number of carbonyl (C=O) groups is 2. The second kappa shape index (κ2) is 5.76. The van der Waals surface area contributed by atoms with E-state index in [0.29, 0.717) is 25.9 Å². The van der Waals surface area contributed by atoms with E-state index in [0.717, 1.165) is 24.1 Å². The van der Waals surface area contributed by atoms with Crippen LogP contribution in [0, 0.1) is 5.92 Å². The van der Waals surface area contributed by atoms with Crippen molar-refractivity contribution in [3.8, 4) is 0 Å². The van der Waals surface area contributed by atoms with Gasteiger partial charge in [0.2, 0.25) is 5.91 Å². The predicted molar refractivity (Wildman–Crippen MR) is 79.1 cm³/mol. The second-order valence-electron chi connectivity index (χ2n) is 5.82. The molecule has 1 aromatic carbocycles. The van der Waals surface area contributed by atoms with Crippen molar-refractivity contribution in [3.63, 3.8) is 0 Å². The number of carboxylic acid groups (broad SMARTS) is 1. The summed E-state index contributed by atoms with van der Waals surface area (Å²) in [4.78, 5) is 25.6. The molecule has 1 aromatic rings. The summed E-state index contributed by atoms with van der Waals surface area (Å²) in [5.74, 6) is -1.07. The minimum absolute atomic E-state index is 0.0240. The highest BCUT2D eigenvalue weighted by molar-refractivity contribution is 5.86. The quantitative estimate of drug-likeness (QED) is 0.869. The minimum Gasteiger partial charge on any atom is -0.480 e. The fourth-order valence-corrected chi connectivity index (χ4v) is 3.30. The van der Waals surface area contributed by atoms with Gasteiger partial charge in [-0.25, -0.2) is 4.79 Å². The molecule has 2 aliphatic heterocycles. The Morgan fingerprint density at radius 3 is 2.86 bits per heavy atom. The van der Waals surface area contributed by atoms with Crippen LogP contribution in [0.4, 0.5) is 5.69 Å². The van der Waals surface area contributed by atoms with E-state index >= 15 is 0 Å². The molecule has 2 aliphatic rings. The van der Waals surface area contributed by atoms with Gasteiger partial charge in [0, 0.05) is 18.8 Å². The van der Waals surface area contributed by atoms with E-state index in [1.165, 1.54) is 0 Å². The molecule has 2 heterocycles. The molecular formula is C16H20N2O3. The maximum atomic E-state index is 12.7. The maximum absolute atomic E-state index is 12.7. The molecule has 1 fully saturated rings. The summed E-state index contributed by atoms with van der Waals surface area (Å²) in [6.45, 7) is 1.15. The molecule has 0 aliphatic carbocycles. The van der Waals surface area contributed by atoms with Crippen LogP contribution >= 0.6 is 0 Å². The molecule has 3 rings (SSSR count). The third-order valence-electron chi connectivity index (χ3n) is 4.44. The summed E-state index contributed by atoms with van der Waals surface area (Å²) in [7, 11) is 0. The summed E-state index contributed by atoms with van der Waals surface area (Å²) in [5.41, 5.74) is 2.21. The maximum Gasteiger partial charge on any atom is 0.326 e. The molecule has 0 aromatic heterocycles. The zero-order chi connectivity index (χ0) is 14.8. The Labute approximate surface area is 123 Å². The molecule has 0 radical (unpaired) electrons. The standard InChI is InChI=1S/C16H20N2O3/c19-15(18-8-4-3-7-14(18)16(20)21)12-9-11-5-1-2-6-13(11)17-10-12/h1-2,5-6,12,14,17H,3-4,7-10H2,(H,20,21)/t12?,14-/m0/s1. The number of piperidine rings is 1. The topological polar surface area (TPSA) is 69.6 Å². The van der Waals surface area contributed by atoms with Gasteiger partial charge in [-0.1, -0.05) is 18.2 Å². The number of anilines is 1. The lowest BCUT2D eigenvalue weighted by molar-refractivity contribution is -0.153. The monoisotopic (exact) mass is 288 g/mol. The van der Waals surface area contributed by atoms with E-state index in [1.807, 2.05) is 24.3 Å². The lowest BCUT2D eigenvalue weighted by atomic mass is 9.91. The Balaban J connectivity index is 1.75. The Kier molecular flexibility index (Phi) is 3.82. The first-order valence-electron chi connectivity index (χ1n) is 7.52. The predicted octanol–water partition coefficient (Wildman–Crippen LogP) is 1.74. The van der Waals surface area contributed by atoms with Crippen LogP contribution in [0.25, 0.3) is 0 Å².